The number of likely N-dealkylation sites (tertiary alicyclic amines) is 1. The largest absolute Gasteiger partial charge is 0.421 e. The molecule has 1 amide bonds. The summed E-state index contributed by atoms with van der Waals surface area (Å²) in [7, 11) is 0. The molecule has 4 aromatic heterocycles. The van der Waals surface area contributed by atoms with E-state index in [-0.39, 0.29) is 29.5 Å². The second-order valence-corrected chi connectivity index (χ2v) is 8.19. The van der Waals surface area contributed by atoms with Gasteiger partial charge in [0.15, 0.2) is 0 Å². The number of imidazole rings is 1. The van der Waals surface area contributed by atoms with Crippen molar-refractivity contribution in [2.75, 3.05) is 18.8 Å². The van der Waals surface area contributed by atoms with Gasteiger partial charge in [-0.05, 0) is 30.7 Å². The number of nitrogens with zero attached hydrogens (tertiary/aromatic N) is 6. The Hall–Kier alpha value is -4.48. The number of amides is 1. The lowest BCUT2D eigenvalue weighted by molar-refractivity contribution is -0.137. The van der Waals surface area contributed by atoms with Gasteiger partial charge in [0.25, 0.3) is 0 Å². The van der Waals surface area contributed by atoms with Crippen molar-refractivity contribution >= 4 is 17.4 Å². The van der Waals surface area contributed by atoms with Gasteiger partial charge in [-0.1, -0.05) is 6.58 Å². The summed E-state index contributed by atoms with van der Waals surface area (Å²) in [5.74, 6) is 0.431. The van der Waals surface area contributed by atoms with Crippen LogP contribution in [0.5, 0.6) is 11.8 Å². The van der Waals surface area contributed by atoms with Crippen molar-refractivity contribution in [3.8, 4) is 23.1 Å². The summed E-state index contributed by atoms with van der Waals surface area (Å²) < 4.78 is 46.0. The molecule has 0 aromatic carbocycles. The molecule has 9 nitrogen and oxygen atoms in total. The number of alkyl halides is 3. The lowest BCUT2D eigenvalue weighted by atomic mass is 10.0. The number of carbonyl (C=O) groups is 1. The zero-order valence-electron chi connectivity index (χ0n) is 18.8. The predicted octanol–water partition coefficient (Wildman–Crippen LogP) is 4.08. The van der Waals surface area contributed by atoms with Crippen LogP contribution in [0.15, 0.2) is 61.6 Å². The number of fused-ring (bicyclic) bond motifs is 1. The van der Waals surface area contributed by atoms with Gasteiger partial charge in [-0.3, -0.25) is 9.20 Å². The van der Waals surface area contributed by atoms with Crippen LogP contribution in [0.2, 0.25) is 0 Å². The number of nitrogen functional groups attached to an aromatic ring is 1. The van der Waals surface area contributed by atoms with E-state index in [1.165, 1.54) is 18.3 Å². The summed E-state index contributed by atoms with van der Waals surface area (Å²) in [6, 6.07) is 6.65. The maximum Gasteiger partial charge on any atom is 0.416 e. The summed E-state index contributed by atoms with van der Waals surface area (Å²) >= 11 is 0. The quantitative estimate of drug-likeness (QED) is 0.415. The molecule has 36 heavy (non-hydrogen) atoms. The lowest BCUT2D eigenvalue weighted by Gasteiger charge is -2.13. The van der Waals surface area contributed by atoms with E-state index in [2.05, 4.69) is 21.5 Å². The van der Waals surface area contributed by atoms with E-state index in [4.69, 9.17) is 15.5 Å². The number of hydrogen-bond acceptors (Lipinski definition) is 7. The Labute approximate surface area is 203 Å². The molecule has 0 saturated carbocycles. The second kappa shape index (κ2) is 8.95. The number of halogens is 3. The van der Waals surface area contributed by atoms with Gasteiger partial charge < -0.3 is 15.4 Å². The Morgan fingerprint density at radius 1 is 1.14 bits per heavy atom. The number of carbonyl (C=O) groups excluding carboxylic acids is 1. The molecule has 0 aliphatic carbocycles. The number of aromatic nitrogens is 5. The SMILES string of the molecule is C=CC(=O)N1CCC(c2nc(-c3ccc(Oc4cc(C(F)(F)F)ccn4)nc3)n3c(N)nccc23)C1. The van der Waals surface area contributed by atoms with Gasteiger partial charge in [0.05, 0.1) is 16.8 Å². The van der Waals surface area contributed by atoms with E-state index < -0.39 is 11.7 Å². The Balaban J connectivity index is 1.45. The first-order valence-electron chi connectivity index (χ1n) is 11.0. The smallest absolute Gasteiger partial charge is 0.416 e. The molecule has 0 bridgehead atoms. The third-order valence-corrected chi connectivity index (χ3v) is 5.94. The summed E-state index contributed by atoms with van der Waals surface area (Å²) in [6.45, 7) is 4.66. The predicted molar refractivity (Wildman–Crippen MR) is 124 cm³/mol. The number of anilines is 1. The number of hydrogen-bond donors (Lipinski definition) is 1. The molecule has 1 fully saturated rings. The fourth-order valence-corrected chi connectivity index (χ4v) is 4.21. The molecule has 184 valence electrons. The Kier molecular flexibility index (Phi) is 5.78. The molecule has 1 atom stereocenters. The number of pyridine rings is 2. The molecular weight excluding hydrogens is 475 g/mol. The van der Waals surface area contributed by atoms with Crippen molar-refractivity contribution in [3.05, 3.63) is 72.8 Å². The molecule has 1 aliphatic heterocycles. The van der Waals surface area contributed by atoms with Gasteiger partial charge >= 0.3 is 6.18 Å². The summed E-state index contributed by atoms with van der Waals surface area (Å²) in [5, 5.41) is 0. The standard InChI is InChI=1S/C24H20F3N7O2/c1-2-20(35)33-10-7-15(13-33)21-17-6-9-30-23(28)34(17)22(32-21)14-3-4-18(31-12-14)36-19-11-16(5-8-29-19)24(25,26)27/h2-6,8-9,11-12,15H,1,7,10,13H2,(H2,28,30). The molecule has 0 spiro atoms. The minimum atomic E-state index is -4.51. The zero-order valence-corrected chi connectivity index (χ0v) is 18.8. The van der Waals surface area contributed by atoms with Crippen molar-refractivity contribution in [1.29, 1.82) is 0 Å². The van der Waals surface area contributed by atoms with Crippen molar-refractivity contribution in [1.82, 2.24) is 29.2 Å². The van der Waals surface area contributed by atoms with E-state index >= 15 is 0 Å². The molecule has 4 aromatic rings. The van der Waals surface area contributed by atoms with Gasteiger partial charge in [-0.25, -0.2) is 19.9 Å². The highest BCUT2D eigenvalue weighted by atomic mass is 19.4. The molecule has 2 N–H and O–H groups in total. The van der Waals surface area contributed by atoms with Crippen molar-refractivity contribution in [2.24, 2.45) is 0 Å². The molecule has 5 heterocycles. The number of nitrogens with two attached hydrogens (primary N) is 1. The molecule has 1 unspecified atom stereocenters. The second-order valence-electron chi connectivity index (χ2n) is 8.19. The zero-order chi connectivity index (χ0) is 25.4. The number of rotatable bonds is 5. The van der Waals surface area contributed by atoms with E-state index in [1.54, 1.807) is 21.6 Å². The van der Waals surface area contributed by atoms with E-state index in [1.807, 2.05) is 6.07 Å². The average molecular weight is 495 g/mol. The van der Waals surface area contributed by atoms with Crippen LogP contribution >= 0.6 is 0 Å². The van der Waals surface area contributed by atoms with Crippen LogP contribution < -0.4 is 10.5 Å². The van der Waals surface area contributed by atoms with Crippen molar-refractivity contribution in [2.45, 2.75) is 18.5 Å². The first kappa shape index (κ1) is 23.3. The van der Waals surface area contributed by atoms with Crippen molar-refractivity contribution < 1.29 is 22.7 Å². The highest BCUT2D eigenvalue weighted by molar-refractivity contribution is 5.87. The van der Waals surface area contributed by atoms with Crippen LogP contribution in [-0.4, -0.2) is 48.2 Å². The third-order valence-electron chi connectivity index (χ3n) is 5.94. The van der Waals surface area contributed by atoms with Gasteiger partial charge in [0.2, 0.25) is 23.6 Å². The van der Waals surface area contributed by atoms with E-state index in [0.29, 0.717) is 24.5 Å². The van der Waals surface area contributed by atoms with E-state index in [9.17, 15) is 18.0 Å². The van der Waals surface area contributed by atoms with Gasteiger partial charge in [-0.15, -0.1) is 0 Å². The topological polar surface area (TPSA) is 112 Å². The highest BCUT2D eigenvalue weighted by Gasteiger charge is 2.32. The highest BCUT2D eigenvalue weighted by Crippen LogP contribution is 2.35. The number of ether oxygens (including phenoxy) is 1. The lowest BCUT2D eigenvalue weighted by Crippen LogP contribution is -2.26. The first-order chi connectivity index (χ1) is 17.2. The van der Waals surface area contributed by atoms with Crippen LogP contribution in [0.4, 0.5) is 19.1 Å². The first-order valence-corrected chi connectivity index (χ1v) is 11.0. The maximum atomic E-state index is 13.0. The summed E-state index contributed by atoms with van der Waals surface area (Å²) in [4.78, 5) is 30.8. The van der Waals surface area contributed by atoms with Gasteiger partial charge in [-0.2, -0.15) is 13.2 Å². The molecule has 5 rings (SSSR count). The van der Waals surface area contributed by atoms with Crippen molar-refractivity contribution in [3.63, 3.8) is 0 Å². The Morgan fingerprint density at radius 2 is 1.94 bits per heavy atom. The third kappa shape index (κ3) is 4.32. The normalized spacial score (nSPS) is 15.9. The molecular formula is C24H20F3N7O2. The summed E-state index contributed by atoms with van der Waals surface area (Å²) in [6.07, 6.45) is 1.62. The molecule has 1 aliphatic rings. The molecule has 1 saturated heterocycles. The monoisotopic (exact) mass is 495 g/mol. The minimum absolute atomic E-state index is 0.00185. The van der Waals surface area contributed by atoms with Crippen LogP contribution in [0.25, 0.3) is 16.9 Å². The van der Waals surface area contributed by atoms with Crippen LogP contribution in [0.1, 0.15) is 23.6 Å². The van der Waals surface area contributed by atoms with Gasteiger partial charge in [0, 0.05) is 55.3 Å². The molecule has 0 radical (unpaired) electrons. The van der Waals surface area contributed by atoms with Crippen LogP contribution in [0.3, 0.4) is 0 Å². The van der Waals surface area contributed by atoms with Crippen LogP contribution in [0, 0.1) is 0 Å². The fraction of sp³-hybridized carbons (Fsp3) is 0.208. The Morgan fingerprint density at radius 3 is 2.67 bits per heavy atom. The van der Waals surface area contributed by atoms with Crippen LogP contribution in [-0.2, 0) is 11.0 Å². The Bertz CT molecular complexity index is 1450. The fourth-order valence-electron chi connectivity index (χ4n) is 4.21. The summed E-state index contributed by atoms with van der Waals surface area (Å²) in [5.41, 5.74) is 7.45. The van der Waals surface area contributed by atoms with E-state index in [0.717, 1.165) is 36.0 Å². The molecule has 12 heteroatoms. The minimum Gasteiger partial charge on any atom is -0.421 e. The average Bonchev–Trinajstić information content (AvgIpc) is 3.50. The van der Waals surface area contributed by atoms with Gasteiger partial charge in [0.1, 0.15) is 5.82 Å². The maximum absolute atomic E-state index is 13.0.